The number of ether oxygens (including phenoxy) is 5. The second kappa shape index (κ2) is 41.9. The fourth-order valence-electron chi connectivity index (χ4n) is 10.2. The van der Waals surface area contributed by atoms with Gasteiger partial charge in [0.05, 0.1) is 19.1 Å². The minimum Gasteiger partial charge on any atom is -0.455 e. The van der Waals surface area contributed by atoms with Gasteiger partial charge in [-0.05, 0) is 18.8 Å². The smallest absolute Gasteiger partial charge is 0.309 e. The average molecular weight is 1000 g/mol. The Balaban J connectivity index is 1.83. The summed E-state index contributed by atoms with van der Waals surface area (Å²) in [5.41, 5.74) is 0. The molecule has 0 bridgehead atoms. The maximum Gasteiger partial charge on any atom is 0.309 e. The van der Waals surface area contributed by atoms with E-state index in [1.54, 1.807) is 6.92 Å². The first kappa shape index (κ1) is 64.7. The minimum absolute atomic E-state index is 0.0509. The van der Waals surface area contributed by atoms with Crippen LogP contribution in [0.5, 0.6) is 0 Å². The summed E-state index contributed by atoms with van der Waals surface area (Å²) in [5, 5.41) is 63.0. The number of esters is 2. The summed E-state index contributed by atoms with van der Waals surface area (Å²) < 4.78 is 29.2. The lowest BCUT2D eigenvalue weighted by atomic mass is 9.92. The van der Waals surface area contributed by atoms with Gasteiger partial charge in [-0.2, -0.15) is 0 Å². The van der Waals surface area contributed by atoms with E-state index in [2.05, 4.69) is 20.8 Å². The molecule has 6 N–H and O–H groups in total. The highest BCUT2D eigenvalue weighted by Gasteiger charge is 2.53. The van der Waals surface area contributed by atoms with Crippen molar-refractivity contribution in [3.05, 3.63) is 0 Å². The summed E-state index contributed by atoms with van der Waals surface area (Å²) in [4.78, 5) is 27.2. The van der Waals surface area contributed by atoms with Crippen molar-refractivity contribution in [2.45, 2.75) is 327 Å². The normalized spacial score (nSPS) is 25.7. The first-order chi connectivity index (χ1) is 34.0. The Morgan fingerprint density at radius 3 is 1.23 bits per heavy atom. The molecule has 0 aliphatic carbocycles. The molecule has 13 nitrogen and oxygen atoms in total. The topological polar surface area (TPSA) is 202 Å². The van der Waals surface area contributed by atoms with Crippen LogP contribution >= 0.6 is 0 Å². The van der Waals surface area contributed by atoms with E-state index >= 15 is 0 Å². The second-order valence-corrected chi connectivity index (χ2v) is 21.5. The fourth-order valence-corrected chi connectivity index (χ4v) is 10.2. The lowest BCUT2D eigenvalue weighted by molar-refractivity contribution is -0.377. The van der Waals surface area contributed by atoms with Crippen molar-refractivity contribution < 1.29 is 63.9 Å². The number of carbonyl (C=O) groups excluding carboxylic acids is 2. The molecule has 2 heterocycles. The highest BCUT2D eigenvalue weighted by Crippen LogP contribution is 2.33. The van der Waals surface area contributed by atoms with Gasteiger partial charge in [-0.25, -0.2) is 0 Å². The summed E-state index contributed by atoms with van der Waals surface area (Å²) in [6.45, 7) is 6.99. The standard InChI is InChI=1S/C57H108O13/c1-5-7-9-11-13-15-17-19-21-23-24-25-27-29-31-33-35-37-39-44(3)41-45(4)55(65)69-53-50(62)47(43-59)67-57(70-56-52(64)51(63)49(61)46(42-58)66-56)54(53)68-48(60)40-38-36-34-32-30-28-26-22-20-18-16-14-12-10-8-6-2/h44-47,49-54,56-59,61-64H,5-43H2,1-4H3/t44-,45-,46?,47?,49+,50+,51?,52-,53?,54+,56+,57+/m0/s1. The number of unbranched alkanes of at least 4 members (excludes halogenated alkanes) is 32. The molecule has 2 aliphatic rings. The molecular formula is C57H108O13. The summed E-state index contributed by atoms with van der Waals surface area (Å²) in [5.74, 6) is -1.57. The predicted octanol–water partition coefficient (Wildman–Crippen LogP) is 11.5. The molecule has 0 aromatic carbocycles. The third kappa shape index (κ3) is 28.3. The van der Waals surface area contributed by atoms with Crippen molar-refractivity contribution >= 4 is 11.9 Å². The number of hydrogen-bond donors (Lipinski definition) is 6. The van der Waals surface area contributed by atoms with E-state index in [1.165, 1.54) is 173 Å². The third-order valence-electron chi connectivity index (χ3n) is 14.9. The number of hydrogen-bond acceptors (Lipinski definition) is 13. The van der Waals surface area contributed by atoms with Gasteiger partial charge >= 0.3 is 11.9 Å². The Morgan fingerprint density at radius 2 is 0.814 bits per heavy atom. The van der Waals surface area contributed by atoms with Gasteiger partial charge in [-0.1, -0.05) is 246 Å². The van der Waals surface area contributed by atoms with Crippen molar-refractivity contribution in [3.8, 4) is 0 Å². The van der Waals surface area contributed by atoms with E-state index in [-0.39, 0.29) is 12.3 Å². The van der Waals surface area contributed by atoms with E-state index in [4.69, 9.17) is 23.7 Å². The summed E-state index contributed by atoms with van der Waals surface area (Å²) in [7, 11) is 0. The molecular weight excluding hydrogens is 893 g/mol. The minimum atomic E-state index is -1.81. The molecule has 0 radical (unpaired) electrons. The van der Waals surface area contributed by atoms with Gasteiger partial charge in [0, 0.05) is 6.42 Å². The molecule has 0 aromatic rings. The highest BCUT2D eigenvalue weighted by molar-refractivity contribution is 5.72. The summed E-state index contributed by atoms with van der Waals surface area (Å²) in [6.07, 6.45) is 28.6. The zero-order valence-corrected chi connectivity index (χ0v) is 45.0. The van der Waals surface area contributed by atoms with Crippen molar-refractivity contribution in [3.63, 3.8) is 0 Å². The van der Waals surface area contributed by atoms with Gasteiger partial charge in [-0.3, -0.25) is 9.59 Å². The number of aliphatic hydroxyl groups excluding tert-OH is 6. The Morgan fingerprint density at radius 1 is 0.443 bits per heavy atom. The van der Waals surface area contributed by atoms with Crippen LogP contribution in [0.4, 0.5) is 0 Å². The van der Waals surface area contributed by atoms with Crippen LogP contribution < -0.4 is 0 Å². The van der Waals surface area contributed by atoms with Crippen LogP contribution in [0.3, 0.4) is 0 Å². The molecule has 70 heavy (non-hydrogen) atoms. The van der Waals surface area contributed by atoms with Gasteiger partial charge in [-0.15, -0.1) is 0 Å². The van der Waals surface area contributed by atoms with Crippen LogP contribution in [0.2, 0.25) is 0 Å². The number of carbonyl (C=O) groups is 2. The monoisotopic (exact) mass is 1000 g/mol. The van der Waals surface area contributed by atoms with Crippen LogP contribution in [0.15, 0.2) is 0 Å². The zero-order valence-electron chi connectivity index (χ0n) is 45.0. The number of aliphatic hydroxyl groups is 6. The quantitative estimate of drug-likeness (QED) is 0.0249. The molecule has 13 heteroatoms. The van der Waals surface area contributed by atoms with E-state index in [9.17, 15) is 40.2 Å². The molecule has 12 atom stereocenters. The van der Waals surface area contributed by atoms with Crippen LogP contribution in [0.1, 0.15) is 265 Å². The third-order valence-corrected chi connectivity index (χ3v) is 14.9. The molecule has 0 spiro atoms. The predicted molar refractivity (Wildman–Crippen MR) is 277 cm³/mol. The van der Waals surface area contributed by atoms with Crippen molar-refractivity contribution in [2.24, 2.45) is 11.8 Å². The lowest BCUT2D eigenvalue weighted by Gasteiger charge is -2.46. The summed E-state index contributed by atoms with van der Waals surface area (Å²) >= 11 is 0. The Kier molecular flexibility index (Phi) is 38.7. The van der Waals surface area contributed by atoms with E-state index in [1.807, 2.05) is 0 Å². The van der Waals surface area contributed by atoms with E-state index in [0.29, 0.717) is 12.8 Å². The molecule has 414 valence electrons. The van der Waals surface area contributed by atoms with Gasteiger partial charge in [0.2, 0.25) is 6.29 Å². The first-order valence-electron chi connectivity index (χ1n) is 29.3. The molecule has 2 fully saturated rings. The number of rotatable bonds is 45. The Bertz CT molecular complexity index is 1240. The van der Waals surface area contributed by atoms with Crippen LogP contribution in [-0.2, 0) is 33.3 Å². The molecule has 2 rings (SSSR count). The largest absolute Gasteiger partial charge is 0.455 e. The van der Waals surface area contributed by atoms with Gasteiger partial charge in [0.25, 0.3) is 0 Å². The SMILES string of the molecule is CCCCCCCCCCCCCCCCCCCC[C@H](C)C[C@H](C)C(=O)OC1[C@H](O)C(CO)O[C@H](O[C@H]2OC(CO)[C@@H](O)C(O)[C@@H]2O)[C@@H]1OC(=O)CCCCCCCCCCCCCCCCCC. The van der Waals surface area contributed by atoms with Crippen molar-refractivity contribution in [1.29, 1.82) is 0 Å². The van der Waals surface area contributed by atoms with Crippen LogP contribution in [-0.4, -0.2) is 117 Å². The molecule has 2 saturated heterocycles. The molecule has 0 aromatic heterocycles. The fraction of sp³-hybridized carbons (Fsp3) is 0.965. The molecule has 2 aliphatic heterocycles. The van der Waals surface area contributed by atoms with Crippen LogP contribution in [0, 0.1) is 11.8 Å². The molecule has 4 unspecified atom stereocenters. The van der Waals surface area contributed by atoms with Gasteiger partial charge in [0.1, 0.15) is 36.6 Å². The Labute approximate surface area is 426 Å². The maximum absolute atomic E-state index is 13.7. The second-order valence-electron chi connectivity index (χ2n) is 21.5. The lowest BCUT2D eigenvalue weighted by Crippen LogP contribution is -2.65. The van der Waals surface area contributed by atoms with Crippen molar-refractivity contribution in [1.82, 2.24) is 0 Å². The van der Waals surface area contributed by atoms with Gasteiger partial charge < -0.3 is 54.3 Å². The summed E-state index contributed by atoms with van der Waals surface area (Å²) in [6, 6.07) is 0. The zero-order chi connectivity index (χ0) is 51.2. The first-order valence-corrected chi connectivity index (χ1v) is 29.3. The highest BCUT2D eigenvalue weighted by atomic mass is 16.8. The van der Waals surface area contributed by atoms with E-state index in [0.717, 1.165) is 44.9 Å². The van der Waals surface area contributed by atoms with Gasteiger partial charge in [0.15, 0.2) is 18.5 Å². The molecule has 0 amide bonds. The molecule has 0 saturated carbocycles. The maximum atomic E-state index is 13.7. The average Bonchev–Trinajstić information content (AvgIpc) is 3.35. The Hall–Kier alpha value is -1.42. The van der Waals surface area contributed by atoms with Crippen LogP contribution in [0.25, 0.3) is 0 Å². The van der Waals surface area contributed by atoms with E-state index < -0.39 is 92.5 Å². The van der Waals surface area contributed by atoms with Crippen molar-refractivity contribution in [2.75, 3.05) is 13.2 Å².